The number of rotatable bonds is 0. The van der Waals surface area contributed by atoms with Gasteiger partial charge in [-0.2, -0.15) is 0 Å². The highest BCUT2D eigenvalue weighted by Gasteiger charge is 2.04. The van der Waals surface area contributed by atoms with Crippen molar-refractivity contribution in [2.24, 2.45) is 0 Å². The molecular weight excluding hydrogens is 124 g/mol. The summed E-state index contributed by atoms with van der Waals surface area (Å²) in [5.74, 6) is 10.7. The summed E-state index contributed by atoms with van der Waals surface area (Å²) in [7, 11) is 0.898. The molecule has 2 heteroatoms. The molecule has 0 saturated carbocycles. The van der Waals surface area contributed by atoms with E-state index in [0.717, 1.165) is 0 Å². The van der Waals surface area contributed by atoms with Crippen LogP contribution in [-0.4, -0.2) is 23.2 Å². The first kappa shape index (κ1) is 5.57. The first-order valence-electron chi connectivity index (χ1n) is 2.32. The van der Waals surface area contributed by atoms with Crippen molar-refractivity contribution in [1.82, 2.24) is 0 Å². The molecule has 1 heterocycles. The van der Waals surface area contributed by atoms with E-state index in [-0.39, 0.29) is 0 Å². The summed E-state index contributed by atoms with van der Waals surface area (Å²) >= 11 is 0. The summed E-state index contributed by atoms with van der Waals surface area (Å²) in [6, 6.07) is 0. The van der Waals surface area contributed by atoms with Crippen molar-refractivity contribution >= 4 is 30.8 Å². The quantitative estimate of drug-likeness (QED) is 0.349. The summed E-state index contributed by atoms with van der Waals surface area (Å²) in [6.07, 6.45) is 1.37. The Bertz CT molecular complexity index is 101. The number of hydrogen-bond acceptors (Lipinski definition) is 0. The Morgan fingerprint density at radius 2 is 1.43 bits per heavy atom. The molecule has 0 aromatic heterocycles. The van der Waals surface area contributed by atoms with Crippen LogP contribution >= 0.6 is 19.0 Å². The molecule has 2 unspecified atom stereocenters. The molecule has 42 valence electrons. The number of hydrogen-bond donors (Lipinski definition) is 0. The van der Waals surface area contributed by atoms with Gasteiger partial charge in [-0.3, -0.25) is 0 Å². The van der Waals surface area contributed by atoms with Gasteiger partial charge < -0.3 is 0 Å². The molecule has 0 bridgehead atoms. The van der Waals surface area contributed by atoms with Crippen molar-refractivity contribution in [3.05, 3.63) is 0 Å². The Balaban J connectivity index is 2.65. The highest BCUT2D eigenvalue weighted by Crippen LogP contribution is 2.41. The van der Waals surface area contributed by atoms with E-state index in [2.05, 4.69) is 11.7 Å². The molecule has 0 spiro atoms. The maximum atomic E-state index is 4.00. The highest BCUT2D eigenvalue weighted by molar-refractivity contribution is 8.89. The first-order valence-corrected chi connectivity index (χ1v) is 5.96. The smallest absolute Gasteiger partial charge is 0.00239 e. The monoisotopic (exact) mass is 134 g/mol. The second-order valence-corrected chi connectivity index (χ2v) is 7.05. The zero-order chi connectivity index (χ0) is 5.28. The molecule has 2 atom stereocenters. The van der Waals surface area contributed by atoms with Gasteiger partial charge in [-0.05, 0) is 17.9 Å². The summed E-state index contributed by atoms with van der Waals surface area (Å²) in [5.41, 5.74) is 0. The highest BCUT2D eigenvalue weighted by atomic mass is 33.1. The van der Waals surface area contributed by atoms with E-state index < -0.39 is 0 Å². The summed E-state index contributed by atoms with van der Waals surface area (Å²) in [4.78, 5) is 0. The van der Waals surface area contributed by atoms with E-state index >= 15 is 0 Å². The van der Waals surface area contributed by atoms with Crippen molar-refractivity contribution in [1.29, 1.82) is 0 Å². The molecule has 0 aromatic rings. The molecule has 1 aliphatic rings. The van der Waals surface area contributed by atoms with Crippen LogP contribution in [0.5, 0.6) is 0 Å². The van der Waals surface area contributed by atoms with Gasteiger partial charge in [-0.15, -0.1) is 19.0 Å². The van der Waals surface area contributed by atoms with Crippen LogP contribution in [0.15, 0.2) is 0 Å². The van der Waals surface area contributed by atoms with Crippen LogP contribution in [0.1, 0.15) is 6.42 Å². The molecule has 7 heavy (non-hydrogen) atoms. The third kappa shape index (κ3) is 1.16. The molecule has 0 aromatic carbocycles. The van der Waals surface area contributed by atoms with Crippen molar-refractivity contribution in [3.8, 4) is 0 Å². The molecule has 0 amide bonds. The Kier molecular flexibility index (Phi) is 1.70. The molecule has 1 aliphatic heterocycles. The summed E-state index contributed by atoms with van der Waals surface area (Å²) < 4.78 is 0. The SMILES string of the molecule is C=S1CCCS1=C. The predicted molar refractivity (Wildman–Crippen MR) is 43.8 cm³/mol. The lowest BCUT2D eigenvalue weighted by atomic mass is 10.6. The normalized spacial score (nSPS) is 41.7. The van der Waals surface area contributed by atoms with Crippen LogP contribution in [-0.2, 0) is 0 Å². The average Bonchev–Trinajstić information content (AvgIpc) is 1.91. The second-order valence-electron chi connectivity index (χ2n) is 1.64. The molecule has 1 rings (SSSR count). The van der Waals surface area contributed by atoms with Crippen molar-refractivity contribution < 1.29 is 0 Å². The Hall–Kier alpha value is 0.440. The zero-order valence-corrected chi connectivity index (χ0v) is 5.99. The third-order valence-electron chi connectivity index (χ3n) is 1.08. The Labute approximate surface area is 49.2 Å². The van der Waals surface area contributed by atoms with Crippen LogP contribution in [0.25, 0.3) is 0 Å². The van der Waals surface area contributed by atoms with Crippen LogP contribution < -0.4 is 0 Å². The van der Waals surface area contributed by atoms with Gasteiger partial charge in [0.05, 0.1) is 0 Å². The summed E-state index contributed by atoms with van der Waals surface area (Å²) in [6.45, 7) is 0. The van der Waals surface area contributed by atoms with E-state index in [1.807, 2.05) is 0 Å². The minimum absolute atomic E-state index is 0.449. The van der Waals surface area contributed by atoms with Crippen molar-refractivity contribution in [2.45, 2.75) is 6.42 Å². The van der Waals surface area contributed by atoms with Crippen LogP contribution in [0, 0.1) is 0 Å². The maximum absolute atomic E-state index is 4.00. The fourth-order valence-corrected chi connectivity index (χ4v) is 4.32. The molecule has 0 aliphatic carbocycles. The minimum atomic E-state index is 0.449. The molecule has 0 N–H and O–H groups in total. The molecule has 1 saturated heterocycles. The summed E-state index contributed by atoms with van der Waals surface area (Å²) in [5, 5.41) is 0. The Morgan fingerprint density at radius 3 is 1.57 bits per heavy atom. The largest absolute Gasteiger partial charge is 0.142 e. The van der Waals surface area contributed by atoms with E-state index in [0.29, 0.717) is 19.0 Å². The van der Waals surface area contributed by atoms with Gasteiger partial charge in [0.2, 0.25) is 0 Å². The lowest BCUT2D eigenvalue weighted by Crippen LogP contribution is -1.65. The standard InChI is InChI=1S/C5H10S2/c1-6-4-3-5-7(6)2/h1-5H2. The van der Waals surface area contributed by atoms with Gasteiger partial charge in [0.15, 0.2) is 0 Å². The topological polar surface area (TPSA) is 0 Å². The van der Waals surface area contributed by atoms with E-state index in [1.54, 1.807) is 0 Å². The van der Waals surface area contributed by atoms with Crippen LogP contribution in [0.4, 0.5) is 0 Å². The Morgan fingerprint density at radius 1 is 1.00 bits per heavy atom. The first-order chi connectivity index (χ1) is 3.30. The van der Waals surface area contributed by atoms with Gasteiger partial charge in [0, 0.05) is 0 Å². The van der Waals surface area contributed by atoms with Gasteiger partial charge in [0.1, 0.15) is 0 Å². The van der Waals surface area contributed by atoms with E-state index in [1.165, 1.54) is 17.9 Å². The molecule has 1 fully saturated rings. The third-order valence-corrected chi connectivity index (χ3v) is 6.23. The van der Waals surface area contributed by atoms with Crippen molar-refractivity contribution in [3.63, 3.8) is 0 Å². The molecule has 0 radical (unpaired) electrons. The van der Waals surface area contributed by atoms with Crippen molar-refractivity contribution in [2.75, 3.05) is 11.5 Å². The predicted octanol–water partition coefficient (Wildman–Crippen LogP) is 1.71. The fraction of sp³-hybridized carbons (Fsp3) is 0.600. The zero-order valence-electron chi connectivity index (χ0n) is 4.35. The fourth-order valence-electron chi connectivity index (χ4n) is 0.617. The van der Waals surface area contributed by atoms with Gasteiger partial charge in [-0.1, -0.05) is 11.7 Å². The van der Waals surface area contributed by atoms with Gasteiger partial charge >= 0.3 is 0 Å². The maximum Gasteiger partial charge on any atom is -0.00239 e. The van der Waals surface area contributed by atoms with E-state index in [9.17, 15) is 0 Å². The van der Waals surface area contributed by atoms with E-state index in [4.69, 9.17) is 0 Å². The molecular formula is C5H10S2. The van der Waals surface area contributed by atoms with Gasteiger partial charge in [-0.25, -0.2) is 0 Å². The lowest BCUT2D eigenvalue weighted by molar-refractivity contribution is 1.14. The lowest BCUT2D eigenvalue weighted by Gasteiger charge is -1.93. The van der Waals surface area contributed by atoms with Crippen LogP contribution in [0.3, 0.4) is 0 Å². The second kappa shape index (κ2) is 2.14. The van der Waals surface area contributed by atoms with Crippen LogP contribution in [0.2, 0.25) is 0 Å². The minimum Gasteiger partial charge on any atom is -0.142 e. The average molecular weight is 134 g/mol. The molecule has 0 nitrogen and oxygen atoms in total. The van der Waals surface area contributed by atoms with Gasteiger partial charge in [0.25, 0.3) is 0 Å².